The minimum Gasteiger partial charge on any atom is -0.466 e. The summed E-state index contributed by atoms with van der Waals surface area (Å²) in [7, 11) is 0. The first-order chi connectivity index (χ1) is 9.60. The molecule has 6 heteroatoms. The normalized spacial score (nSPS) is 18.5. The Bertz CT molecular complexity index is 531. The van der Waals surface area contributed by atoms with Crippen LogP contribution in [0.5, 0.6) is 0 Å². The molecule has 1 aliphatic carbocycles. The van der Waals surface area contributed by atoms with E-state index < -0.39 is 0 Å². The van der Waals surface area contributed by atoms with Crippen LogP contribution in [0, 0.1) is 5.92 Å². The van der Waals surface area contributed by atoms with Gasteiger partial charge in [0.2, 0.25) is 0 Å². The highest BCUT2D eigenvalue weighted by Crippen LogP contribution is 2.31. The number of allylic oxidation sites excluding steroid dienone is 2. The zero-order valence-corrected chi connectivity index (χ0v) is 12.2. The van der Waals surface area contributed by atoms with Crippen molar-refractivity contribution in [3.63, 3.8) is 0 Å². The number of halogens is 1. The molecule has 0 fully saturated rings. The molecule has 1 heterocycles. The van der Waals surface area contributed by atoms with Gasteiger partial charge >= 0.3 is 5.97 Å². The molecule has 20 heavy (non-hydrogen) atoms. The molecule has 1 unspecified atom stereocenters. The van der Waals surface area contributed by atoms with Gasteiger partial charge < -0.3 is 10.5 Å². The van der Waals surface area contributed by atoms with E-state index in [2.05, 4.69) is 16.0 Å². The molecule has 0 aromatic carbocycles. The fourth-order valence-corrected chi connectivity index (χ4v) is 2.43. The molecule has 2 rings (SSSR count). The van der Waals surface area contributed by atoms with Crippen molar-refractivity contribution in [2.24, 2.45) is 5.92 Å². The van der Waals surface area contributed by atoms with Crippen LogP contribution in [0.15, 0.2) is 12.3 Å². The summed E-state index contributed by atoms with van der Waals surface area (Å²) in [6.45, 7) is 2.26. The number of nitrogen functional groups attached to an aromatic ring is 1. The van der Waals surface area contributed by atoms with Crippen LogP contribution in [0.3, 0.4) is 0 Å². The molecular formula is C14H18ClN3O2. The average molecular weight is 296 g/mol. The number of nitrogens with two attached hydrogens (primary N) is 1. The third-order valence-electron chi connectivity index (χ3n) is 3.37. The van der Waals surface area contributed by atoms with Crippen LogP contribution in [-0.4, -0.2) is 22.5 Å². The predicted molar refractivity (Wildman–Crippen MR) is 78.0 cm³/mol. The molecule has 0 saturated carbocycles. The molecule has 0 aliphatic heterocycles. The maximum absolute atomic E-state index is 11.4. The highest BCUT2D eigenvalue weighted by Gasteiger charge is 2.20. The van der Waals surface area contributed by atoms with Crippen molar-refractivity contribution in [1.29, 1.82) is 0 Å². The number of carbonyl (C=O) groups is 1. The first-order valence-corrected chi connectivity index (χ1v) is 7.11. The SMILES string of the molecule is CCOC(=O)CC1CC=C(c2cnc(N)c(Cl)n2)CC1. The second-order valence-electron chi connectivity index (χ2n) is 4.81. The highest BCUT2D eigenvalue weighted by atomic mass is 35.5. The van der Waals surface area contributed by atoms with E-state index in [1.165, 1.54) is 0 Å². The largest absolute Gasteiger partial charge is 0.466 e. The Kier molecular flexibility index (Phi) is 4.95. The first-order valence-electron chi connectivity index (χ1n) is 6.73. The van der Waals surface area contributed by atoms with E-state index in [0.717, 1.165) is 30.5 Å². The maximum atomic E-state index is 11.4. The number of hydrogen-bond donors (Lipinski definition) is 1. The minimum atomic E-state index is -0.121. The fraction of sp³-hybridized carbons (Fsp3) is 0.500. The third kappa shape index (κ3) is 3.70. The topological polar surface area (TPSA) is 78.1 Å². The summed E-state index contributed by atoms with van der Waals surface area (Å²) < 4.78 is 4.97. The van der Waals surface area contributed by atoms with Crippen LogP contribution in [0.2, 0.25) is 5.15 Å². The van der Waals surface area contributed by atoms with Crippen LogP contribution in [0.1, 0.15) is 38.3 Å². The summed E-state index contributed by atoms with van der Waals surface area (Å²) in [5.41, 5.74) is 7.42. The number of hydrogen-bond acceptors (Lipinski definition) is 5. The van der Waals surface area contributed by atoms with Crippen LogP contribution in [-0.2, 0) is 9.53 Å². The molecule has 0 spiro atoms. The molecule has 0 saturated heterocycles. The Morgan fingerprint density at radius 3 is 3.00 bits per heavy atom. The smallest absolute Gasteiger partial charge is 0.306 e. The molecule has 108 valence electrons. The number of rotatable bonds is 4. The van der Waals surface area contributed by atoms with E-state index in [4.69, 9.17) is 22.1 Å². The Morgan fingerprint density at radius 1 is 1.60 bits per heavy atom. The quantitative estimate of drug-likeness (QED) is 0.864. The van der Waals surface area contributed by atoms with Crippen molar-refractivity contribution < 1.29 is 9.53 Å². The minimum absolute atomic E-state index is 0.121. The lowest BCUT2D eigenvalue weighted by molar-refractivity contribution is -0.144. The van der Waals surface area contributed by atoms with Crippen molar-refractivity contribution in [2.45, 2.75) is 32.6 Å². The second kappa shape index (κ2) is 6.70. The molecule has 1 atom stereocenters. The van der Waals surface area contributed by atoms with Gasteiger partial charge in [0.05, 0.1) is 18.5 Å². The van der Waals surface area contributed by atoms with Gasteiger partial charge in [-0.25, -0.2) is 9.97 Å². The van der Waals surface area contributed by atoms with Gasteiger partial charge in [0.15, 0.2) is 11.0 Å². The summed E-state index contributed by atoms with van der Waals surface area (Å²) in [5.74, 6) is 0.465. The third-order valence-corrected chi connectivity index (χ3v) is 3.64. The van der Waals surface area contributed by atoms with Gasteiger partial charge in [0, 0.05) is 6.42 Å². The van der Waals surface area contributed by atoms with Crippen LogP contribution in [0.25, 0.3) is 5.57 Å². The molecule has 2 N–H and O–H groups in total. The zero-order valence-electron chi connectivity index (χ0n) is 11.4. The Balaban J connectivity index is 1.98. The first kappa shape index (κ1) is 14.8. The van der Waals surface area contributed by atoms with Gasteiger partial charge in [-0.1, -0.05) is 17.7 Å². The summed E-state index contributed by atoms with van der Waals surface area (Å²) >= 11 is 5.88. The van der Waals surface area contributed by atoms with Gasteiger partial charge in [-0.05, 0) is 37.7 Å². The van der Waals surface area contributed by atoms with Gasteiger partial charge in [-0.3, -0.25) is 4.79 Å². The lowest BCUT2D eigenvalue weighted by Crippen LogP contribution is -2.14. The summed E-state index contributed by atoms with van der Waals surface area (Å²) in [5, 5.41) is 0.233. The molecule has 0 radical (unpaired) electrons. The van der Waals surface area contributed by atoms with Crippen molar-refractivity contribution in [2.75, 3.05) is 12.3 Å². The number of ether oxygens (including phenoxy) is 1. The number of nitrogens with zero attached hydrogens (tertiary/aromatic N) is 2. The number of esters is 1. The van der Waals surface area contributed by atoms with Crippen LogP contribution in [0.4, 0.5) is 5.82 Å². The molecular weight excluding hydrogens is 278 g/mol. The summed E-state index contributed by atoms with van der Waals surface area (Å²) in [6.07, 6.45) is 6.86. The van der Waals surface area contributed by atoms with Gasteiger partial charge in [0.25, 0.3) is 0 Å². The van der Waals surface area contributed by atoms with E-state index >= 15 is 0 Å². The average Bonchev–Trinajstić information content (AvgIpc) is 2.43. The van der Waals surface area contributed by atoms with Crippen molar-refractivity contribution in [3.8, 4) is 0 Å². The monoisotopic (exact) mass is 295 g/mol. The van der Waals surface area contributed by atoms with E-state index in [1.807, 2.05) is 6.92 Å². The van der Waals surface area contributed by atoms with E-state index in [9.17, 15) is 4.79 Å². The van der Waals surface area contributed by atoms with E-state index in [-0.39, 0.29) is 16.9 Å². The van der Waals surface area contributed by atoms with E-state index in [0.29, 0.717) is 18.9 Å². The number of carbonyl (C=O) groups excluding carboxylic acids is 1. The Morgan fingerprint density at radius 2 is 2.40 bits per heavy atom. The molecule has 0 amide bonds. The lowest BCUT2D eigenvalue weighted by Gasteiger charge is -2.20. The van der Waals surface area contributed by atoms with E-state index in [1.54, 1.807) is 6.20 Å². The molecule has 0 bridgehead atoms. The van der Waals surface area contributed by atoms with Crippen LogP contribution >= 0.6 is 11.6 Å². The number of anilines is 1. The summed E-state index contributed by atoms with van der Waals surface area (Å²) in [4.78, 5) is 19.7. The fourth-order valence-electron chi connectivity index (χ4n) is 2.29. The zero-order chi connectivity index (χ0) is 14.5. The van der Waals surface area contributed by atoms with Crippen molar-refractivity contribution in [3.05, 3.63) is 23.1 Å². The standard InChI is InChI=1S/C14H18ClN3O2/c1-2-20-12(19)7-9-3-5-10(6-4-9)11-8-17-14(16)13(15)18-11/h5,8-9H,2-4,6-7H2,1H3,(H2,16,17). The molecule has 1 aromatic heterocycles. The summed E-state index contributed by atoms with van der Waals surface area (Å²) in [6, 6.07) is 0. The number of aromatic nitrogens is 2. The second-order valence-corrected chi connectivity index (χ2v) is 5.17. The van der Waals surface area contributed by atoms with Crippen molar-refractivity contribution >= 4 is 29.0 Å². The lowest BCUT2D eigenvalue weighted by atomic mass is 9.86. The molecule has 1 aliphatic rings. The molecule has 5 nitrogen and oxygen atoms in total. The van der Waals surface area contributed by atoms with Gasteiger partial charge in [-0.2, -0.15) is 0 Å². The van der Waals surface area contributed by atoms with Crippen molar-refractivity contribution in [1.82, 2.24) is 9.97 Å². The Hall–Kier alpha value is -1.62. The molecule has 1 aromatic rings. The highest BCUT2D eigenvalue weighted by molar-refractivity contribution is 6.31. The van der Waals surface area contributed by atoms with Gasteiger partial charge in [-0.15, -0.1) is 0 Å². The maximum Gasteiger partial charge on any atom is 0.306 e. The Labute approximate surface area is 123 Å². The predicted octanol–water partition coefficient (Wildman–Crippen LogP) is 2.85. The van der Waals surface area contributed by atoms with Gasteiger partial charge in [0.1, 0.15) is 0 Å². The van der Waals surface area contributed by atoms with Crippen LogP contribution < -0.4 is 5.73 Å².